The first kappa shape index (κ1) is 17.7. The van der Waals surface area contributed by atoms with Gasteiger partial charge in [0.25, 0.3) is 5.91 Å². The molecule has 0 unspecified atom stereocenters. The molecule has 0 bridgehead atoms. The van der Waals surface area contributed by atoms with Gasteiger partial charge in [-0.25, -0.2) is 4.39 Å². The molecule has 1 spiro atoms. The molecule has 2 amide bonds. The number of rotatable bonds is 2. The van der Waals surface area contributed by atoms with E-state index in [1.807, 2.05) is 18.9 Å². The monoisotopic (exact) mass is 371 g/mol. The van der Waals surface area contributed by atoms with E-state index in [1.165, 1.54) is 18.4 Å². The molecule has 1 aromatic heterocycles. The summed E-state index contributed by atoms with van der Waals surface area (Å²) in [4.78, 5) is 30.8. The van der Waals surface area contributed by atoms with Crippen LogP contribution in [0.2, 0.25) is 0 Å². The second-order valence-corrected chi connectivity index (χ2v) is 7.45. The number of benzene rings is 1. The van der Waals surface area contributed by atoms with E-state index in [0.717, 1.165) is 12.0 Å². The Morgan fingerprint density at radius 1 is 1.26 bits per heavy atom. The average Bonchev–Trinajstić information content (AvgIpc) is 3.25. The second-order valence-electron chi connectivity index (χ2n) is 7.45. The third kappa shape index (κ3) is 3.02. The number of aryl methyl sites for hydroxylation is 1. The van der Waals surface area contributed by atoms with E-state index >= 15 is 0 Å². The minimum atomic E-state index is -0.371. The Labute approximate surface area is 157 Å². The van der Waals surface area contributed by atoms with Gasteiger partial charge in [-0.3, -0.25) is 14.5 Å². The molecule has 7 heteroatoms. The van der Waals surface area contributed by atoms with Crippen LogP contribution >= 0.6 is 0 Å². The lowest BCUT2D eigenvalue weighted by Crippen LogP contribution is -2.64. The minimum Gasteiger partial charge on any atom is -0.459 e. The number of nitrogens with zero attached hydrogens (tertiary/aromatic N) is 3. The van der Waals surface area contributed by atoms with Crippen LogP contribution in [-0.2, 0) is 4.79 Å². The van der Waals surface area contributed by atoms with Crippen molar-refractivity contribution in [3.63, 3.8) is 0 Å². The summed E-state index contributed by atoms with van der Waals surface area (Å²) in [6.45, 7) is 3.60. The summed E-state index contributed by atoms with van der Waals surface area (Å²) in [6, 6.07) is 7.86. The van der Waals surface area contributed by atoms with Crippen molar-refractivity contribution in [1.29, 1.82) is 0 Å². The molecule has 1 atom stereocenters. The van der Waals surface area contributed by atoms with Crippen LogP contribution in [-0.4, -0.2) is 60.4 Å². The van der Waals surface area contributed by atoms with Gasteiger partial charge in [0.15, 0.2) is 5.76 Å². The number of carbonyl (C=O) groups excluding carboxylic acids is 2. The van der Waals surface area contributed by atoms with Crippen molar-refractivity contribution in [2.24, 2.45) is 0 Å². The molecule has 0 N–H and O–H groups in total. The first-order chi connectivity index (χ1) is 12.9. The van der Waals surface area contributed by atoms with E-state index in [2.05, 4.69) is 0 Å². The third-order valence-electron chi connectivity index (χ3n) is 5.73. The number of likely N-dealkylation sites (tertiary alicyclic amines) is 1. The third-order valence-corrected chi connectivity index (χ3v) is 5.73. The molecule has 3 heterocycles. The van der Waals surface area contributed by atoms with E-state index in [9.17, 15) is 14.0 Å². The predicted molar refractivity (Wildman–Crippen MR) is 98.1 cm³/mol. The number of halogens is 1. The van der Waals surface area contributed by atoms with Gasteiger partial charge in [0.2, 0.25) is 5.91 Å². The molecular weight excluding hydrogens is 349 g/mol. The number of amides is 2. The Morgan fingerprint density at radius 3 is 2.78 bits per heavy atom. The van der Waals surface area contributed by atoms with E-state index in [1.54, 1.807) is 28.0 Å². The molecule has 4 rings (SSSR count). The number of piperazine rings is 1. The first-order valence-corrected chi connectivity index (χ1v) is 9.00. The normalized spacial score (nSPS) is 23.4. The molecule has 2 aromatic rings. The topological polar surface area (TPSA) is 57.0 Å². The van der Waals surface area contributed by atoms with Gasteiger partial charge in [-0.1, -0.05) is 6.07 Å². The highest BCUT2D eigenvalue weighted by Crippen LogP contribution is 2.34. The van der Waals surface area contributed by atoms with Crippen LogP contribution in [0.4, 0.5) is 10.1 Å². The highest BCUT2D eigenvalue weighted by molar-refractivity contribution is 5.96. The molecule has 0 aliphatic carbocycles. The maximum atomic E-state index is 13.6. The average molecular weight is 371 g/mol. The highest BCUT2D eigenvalue weighted by atomic mass is 19.1. The van der Waals surface area contributed by atoms with Crippen LogP contribution in [0.15, 0.2) is 41.0 Å². The van der Waals surface area contributed by atoms with Gasteiger partial charge in [-0.2, -0.15) is 0 Å². The van der Waals surface area contributed by atoms with Crippen molar-refractivity contribution >= 4 is 17.5 Å². The van der Waals surface area contributed by atoms with Gasteiger partial charge in [0.1, 0.15) is 5.82 Å². The second kappa shape index (κ2) is 6.49. The van der Waals surface area contributed by atoms with Crippen molar-refractivity contribution in [3.8, 4) is 0 Å². The Morgan fingerprint density at radius 2 is 2.07 bits per heavy atom. The molecule has 2 aliphatic heterocycles. The van der Waals surface area contributed by atoms with Crippen molar-refractivity contribution in [3.05, 3.63) is 53.7 Å². The molecule has 0 saturated carbocycles. The van der Waals surface area contributed by atoms with E-state index < -0.39 is 0 Å². The number of anilines is 1. The lowest BCUT2D eigenvalue weighted by atomic mass is 9.92. The Hall–Kier alpha value is -2.67. The number of hydrogen-bond donors (Lipinski definition) is 0. The molecule has 0 radical (unpaired) electrons. The zero-order valence-electron chi connectivity index (χ0n) is 15.4. The van der Waals surface area contributed by atoms with Crippen molar-refractivity contribution in [2.75, 3.05) is 38.1 Å². The minimum absolute atomic E-state index is 0.0691. The number of likely N-dealkylation sites (N-methyl/N-ethyl adjacent to an activating group) is 1. The van der Waals surface area contributed by atoms with E-state index in [4.69, 9.17) is 4.42 Å². The van der Waals surface area contributed by atoms with Crippen LogP contribution in [0.25, 0.3) is 0 Å². The van der Waals surface area contributed by atoms with Gasteiger partial charge >= 0.3 is 0 Å². The lowest BCUT2D eigenvalue weighted by Gasteiger charge is -2.46. The maximum Gasteiger partial charge on any atom is 0.289 e. The molecule has 1 aromatic carbocycles. The Balaban J connectivity index is 1.58. The van der Waals surface area contributed by atoms with Gasteiger partial charge in [0.05, 0.1) is 18.3 Å². The van der Waals surface area contributed by atoms with Gasteiger partial charge < -0.3 is 14.2 Å². The fraction of sp³-hybridized carbons (Fsp3) is 0.400. The molecule has 6 nitrogen and oxygen atoms in total. The molecule has 27 heavy (non-hydrogen) atoms. The fourth-order valence-electron chi connectivity index (χ4n) is 4.04. The summed E-state index contributed by atoms with van der Waals surface area (Å²) in [7, 11) is 1.91. The summed E-state index contributed by atoms with van der Waals surface area (Å²) < 4.78 is 19.0. The van der Waals surface area contributed by atoms with Crippen LogP contribution in [0, 0.1) is 12.7 Å². The van der Waals surface area contributed by atoms with Crippen molar-refractivity contribution in [2.45, 2.75) is 18.9 Å². The Kier molecular flexibility index (Phi) is 4.26. The summed E-state index contributed by atoms with van der Waals surface area (Å²) in [5.74, 6) is -0.203. The van der Waals surface area contributed by atoms with Gasteiger partial charge in [0, 0.05) is 30.9 Å². The Bertz CT molecular complexity index is 896. The van der Waals surface area contributed by atoms with Crippen LogP contribution in [0.1, 0.15) is 22.5 Å². The predicted octanol–water partition coefficient (Wildman–Crippen LogP) is 2.29. The van der Waals surface area contributed by atoms with Crippen LogP contribution < -0.4 is 4.90 Å². The zero-order valence-corrected chi connectivity index (χ0v) is 15.4. The zero-order chi connectivity index (χ0) is 19.2. The number of furan rings is 1. The number of carbonyl (C=O) groups is 2. The van der Waals surface area contributed by atoms with Gasteiger partial charge in [-0.05, 0) is 44.7 Å². The first-order valence-electron chi connectivity index (χ1n) is 9.00. The summed E-state index contributed by atoms with van der Waals surface area (Å²) in [5.41, 5.74) is 1.02. The molecule has 2 saturated heterocycles. The molecule has 2 aliphatic rings. The van der Waals surface area contributed by atoms with Crippen LogP contribution in [0.5, 0.6) is 0 Å². The fourth-order valence-corrected chi connectivity index (χ4v) is 4.04. The summed E-state index contributed by atoms with van der Waals surface area (Å²) in [6.07, 6.45) is 2.26. The summed E-state index contributed by atoms with van der Waals surface area (Å²) in [5, 5.41) is 0. The van der Waals surface area contributed by atoms with E-state index in [0.29, 0.717) is 31.1 Å². The van der Waals surface area contributed by atoms with Crippen molar-refractivity contribution < 1.29 is 18.4 Å². The highest BCUT2D eigenvalue weighted by Gasteiger charge is 2.49. The van der Waals surface area contributed by atoms with E-state index in [-0.39, 0.29) is 29.7 Å². The molecule has 2 fully saturated rings. The molecule has 142 valence electrons. The lowest BCUT2D eigenvalue weighted by molar-refractivity contribution is -0.123. The largest absolute Gasteiger partial charge is 0.459 e. The standard InChI is InChI=1S/C20H22FN3O3/c1-14-6-9-27-18(14)19(26)23-8-7-20(12-23)13-24(17(25)11-22(20)2)16-5-3-4-15(21)10-16/h3-6,9-10H,7-8,11-13H2,1-2H3/t20-/m1/s1. The van der Waals surface area contributed by atoms with Gasteiger partial charge in [-0.15, -0.1) is 0 Å². The quantitative estimate of drug-likeness (QED) is 0.813. The summed E-state index contributed by atoms with van der Waals surface area (Å²) >= 11 is 0. The maximum absolute atomic E-state index is 13.6. The van der Waals surface area contributed by atoms with Crippen LogP contribution in [0.3, 0.4) is 0 Å². The SMILES string of the molecule is Cc1ccoc1C(=O)N1CC[C@@]2(C1)CN(c1cccc(F)c1)C(=O)CN2C. The number of hydrogen-bond acceptors (Lipinski definition) is 4. The van der Waals surface area contributed by atoms with Crippen molar-refractivity contribution in [1.82, 2.24) is 9.80 Å². The molecular formula is C20H22FN3O3. The smallest absolute Gasteiger partial charge is 0.289 e.